The van der Waals surface area contributed by atoms with Crippen LogP contribution in [0.2, 0.25) is 0 Å². The van der Waals surface area contributed by atoms with Crippen LogP contribution in [0.25, 0.3) is 0 Å². The van der Waals surface area contributed by atoms with Crippen LogP contribution in [0, 0.1) is 5.41 Å². The Morgan fingerprint density at radius 1 is 1.44 bits per heavy atom. The summed E-state index contributed by atoms with van der Waals surface area (Å²) in [6, 6.07) is 0. The highest BCUT2D eigenvalue weighted by atomic mass is 32.2. The molecule has 1 aliphatic heterocycles. The fourth-order valence-corrected chi connectivity index (χ4v) is 2.88. The van der Waals surface area contributed by atoms with Crippen LogP contribution in [0.5, 0.6) is 0 Å². The van der Waals surface area contributed by atoms with Gasteiger partial charge in [0.2, 0.25) is 0 Å². The summed E-state index contributed by atoms with van der Waals surface area (Å²) in [7, 11) is 0. The Kier molecular flexibility index (Phi) is 1.27. The lowest BCUT2D eigenvalue weighted by Crippen LogP contribution is -2.61. The molecule has 52 valence electrons. The minimum absolute atomic E-state index is 0.785. The Bertz CT molecular complexity index is 112. The van der Waals surface area contributed by atoms with Gasteiger partial charge in [-0.1, -0.05) is 0 Å². The molecule has 1 saturated heterocycles. The van der Waals surface area contributed by atoms with E-state index in [9.17, 15) is 0 Å². The van der Waals surface area contributed by atoms with Crippen LogP contribution in [0.4, 0.5) is 0 Å². The van der Waals surface area contributed by atoms with Gasteiger partial charge >= 0.3 is 0 Å². The van der Waals surface area contributed by atoms with Gasteiger partial charge in [0.05, 0.1) is 0 Å². The zero-order valence-corrected chi connectivity index (χ0v) is 6.63. The fourth-order valence-electron chi connectivity index (χ4n) is 1.84. The van der Waals surface area contributed by atoms with E-state index in [1.807, 2.05) is 11.8 Å². The van der Waals surface area contributed by atoms with Gasteiger partial charge in [-0.2, -0.15) is 11.8 Å². The number of rotatable bonds is 1. The van der Waals surface area contributed by atoms with Gasteiger partial charge in [-0.25, -0.2) is 0 Å². The standard InChI is InChI=1S/C7H13NS/c1-9-6-2-7(3-6)4-8-5-7/h6,8H,2-5H2,1H3. The van der Waals surface area contributed by atoms with Crippen LogP contribution in [0.3, 0.4) is 0 Å². The van der Waals surface area contributed by atoms with Crippen molar-refractivity contribution in [3.8, 4) is 0 Å². The molecular weight excluding hydrogens is 130 g/mol. The van der Waals surface area contributed by atoms with E-state index >= 15 is 0 Å². The lowest BCUT2D eigenvalue weighted by Gasteiger charge is -2.54. The van der Waals surface area contributed by atoms with Gasteiger partial charge in [0.1, 0.15) is 0 Å². The fraction of sp³-hybridized carbons (Fsp3) is 1.00. The summed E-state index contributed by atoms with van der Waals surface area (Å²) in [6.45, 7) is 2.59. The molecule has 1 N–H and O–H groups in total. The Morgan fingerprint density at radius 3 is 2.44 bits per heavy atom. The normalized spacial score (nSPS) is 31.7. The van der Waals surface area contributed by atoms with Crippen LogP contribution in [0.1, 0.15) is 12.8 Å². The molecule has 0 aromatic carbocycles. The Hall–Kier alpha value is 0.310. The molecule has 0 aromatic rings. The van der Waals surface area contributed by atoms with E-state index in [4.69, 9.17) is 0 Å². The highest BCUT2D eigenvalue weighted by Gasteiger charge is 2.47. The summed E-state index contributed by atoms with van der Waals surface area (Å²) in [6.07, 6.45) is 5.17. The van der Waals surface area contributed by atoms with Gasteiger partial charge in [0.25, 0.3) is 0 Å². The lowest BCUT2D eigenvalue weighted by atomic mass is 9.64. The number of nitrogens with one attached hydrogen (secondary N) is 1. The second kappa shape index (κ2) is 1.89. The van der Waals surface area contributed by atoms with Crippen molar-refractivity contribution in [1.82, 2.24) is 5.32 Å². The molecule has 9 heavy (non-hydrogen) atoms. The van der Waals surface area contributed by atoms with Gasteiger partial charge in [-0.15, -0.1) is 0 Å². The van der Waals surface area contributed by atoms with E-state index in [1.165, 1.54) is 25.9 Å². The van der Waals surface area contributed by atoms with Crippen molar-refractivity contribution in [1.29, 1.82) is 0 Å². The van der Waals surface area contributed by atoms with E-state index in [-0.39, 0.29) is 0 Å². The first-order valence-electron chi connectivity index (χ1n) is 3.58. The molecule has 0 unspecified atom stereocenters. The number of hydrogen-bond acceptors (Lipinski definition) is 2. The average molecular weight is 143 g/mol. The Balaban J connectivity index is 1.82. The highest BCUT2D eigenvalue weighted by molar-refractivity contribution is 7.99. The monoisotopic (exact) mass is 143 g/mol. The first kappa shape index (κ1) is 6.05. The molecular formula is C7H13NS. The molecule has 2 rings (SSSR count). The van der Waals surface area contributed by atoms with Gasteiger partial charge < -0.3 is 5.32 Å². The van der Waals surface area contributed by atoms with Crippen molar-refractivity contribution in [2.45, 2.75) is 18.1 Å². The zero-order chi connectivity index (χ0) is 6.32. The molecule has 1 spiro atoms. The van der Waals surface area contributed by atoms with Crippen molar-refractivity contribution in [3.63, 3.8) is 0 Å². The van der Waals surface area contributed by atoms with Crippen molar-refractivity contribution >= 4 is 11.8 Å². The first-order chi connectivity index (χ1) is 4.35. The van der Waals surface area contributed by atoms with Gasteiger partial charge in [0, 0.05) is 18.3 Å². The topological polar surface area (TPSA) is 12.0 Å². The van der Waals surface area contributed by atoms with Crippen molar-refractivity contribution in [2.24, 2.45) is 5.41 Å². The maximum Gasteiger partial charge on any atom is 0.00567 e. The predicted molar refractivity (Wildman–Crippen MR) is 41.8 cm³/mol. The first-order valence-corrected chi connectivity index (χ1v) is 4.87. The predicted octanol–water partition coefficient (Wildman–Crippen LogP) is 1.10. The minimum Gasteiger partial charge on any atom is -0.316 e. The molecule has 0 amide bonds. The molecule has 1 heterocycles. The van der Waals surface area contributed by atoms with E-state index in [2.05, 4.69) is 11.6 Å². The van der Waals surface area contributed by atoms with Crippen molar-refractivity contribution in [3.05, 3.63) is 0 Å². The molecule has 2 aliphatic rings. The van der Waals surface area contributed by atoms with E-state index in [1.54, 1.807) is 0 Å². The molecule has 0 aromatic heterocycles. The zero-order valence-electron chi connectivity index (χ0n) is 5.81. The summed E-state index contributed by atoms with van der Waals surface area (Å²) in [5, 5.41) is 4.33. The van der Waals surface area contributed by atoms with Crippen LogP contribution < -0.4 is 5.32 Å². The van der Waals surface area contributed by atoms with Crippen molar-refractivity contribution in [2.75, 3.05) is 19.3 Å². The smallest absolute Gasteiger partial charge is 0.00567 e. The van der Waals surface area contributed by atoms with Crippen LogP contribution in [-0.4, -0.2) is 24.6 Å². The molecule has 0 bridgehead atoms. The molecule has 1 aliphatic carbocycles. The third-order valence-corrected chi connectivity index (χ3v) is 3.65. The largest absolute Gasteiger partial charge is 0.316 e. The summed E-state index contributed by atoms with van der Waals surface area (Å²) >= 11 is 2.04. The second-order valence-electron chi connectivity index (χ2n) is 3.37. The minimum atomic E-state index is 0.785. The molecule has 2 heteroatoms. The molecule has 1 nitrogen and oxygen atoms in total. The van der Waals surface area contributed by atoms with Gasteiger partial charge in [-0.3, -0.25) is 0 Å². The molecule has 1 saturated carbocycles. The Morgan fingerprint density at radius 2 is 2.11 bits per heavy atom. The quantitative estimate of drug-likeness (QED) is 0.590. The van der Waals surface area contributed by atoms with E-state index in [0.29, 0.717) is 0 Å². The second-order valence-corrected chi connectivity index (χ2v) is 4.51. The third kappa shape index (κ3) is 0.802. The Labute approximate surface area is 60.6 Å². The molecule has 0 radical (unpaired) electrons. The SMILES string of the molecule is CSC1CC2(CNC2)C1. The number of hydrogen-bond donors (Lipinski definition) is 1. The maximum absolute atomic E-state index is 3.34. The van der Waals surface area contributed by atoms with E-state index in [0.717, 1.165) is 10.7 Å². The highest BCUT2D eigenvalue weighted by Crippen LogP contribution is 2.48. The maximum atomic E-state index is 3.34. The summed E-state index contributed by atoms with van der Waals surface area (Å²) in [5.74, 6) is 0. The number of thioether (sulfide) groups is 1. The summed E-state index contributed by atoms with van der Waals surface area (Å²) < 4.78 is 0. The van der Waals surface area contributed by atoms with Crippen LogP contribution >= 0.6 is 11.8 Å². The van der Waals surface area contributed by atoms with Crippen LogP contribution in [-0.2, 0) is 0 Å². The van der Waals surface area contributed by atoms with E-state index < -0.39 is 0 Å². The lowest BCUT2D eigenvalue weighted by molar-refractivity contribution is 0.0676. The molecule has 0 atom stereocenters. The van der Waals surface area contributed by atoms with Gasteiger partial charge in [0.15, 0.2) is 0 Å². The average Bonchev–Trinajstić information content (AvgIpc) is 1.59. The summed E-state index contributed by atoms with van der Waals surface area (Å²) in [4.78, 5) is 0. The summed E-state index contributed by atoms with van der Waals surface area (Å²) in [5.41, 5.74) is 0.785. The van der Waals surface area contributed by atoms with Gasteiger partial charge in [-0.05, 0) is 24.5 Å². The molecule has 2 fully saturated rings. The third-order valence-electron chi connectivity index (χ3n) is 2.65. The van der Waals surface area contributed by atoms with Crippen molar-refractivity contribution < 1.29 is 0 Å². The van der Waals surface area contributed by atoms with Crippen LogP contribution in [0.15, 0.2) is 0 Å².